The first-order valence-electron chi connectivity index (χ1n) is 8.28. The molecule has 0 aliphatic heterocycles. The molecule has 0 bridgehead atoms. The van der Waals surface area contributed by atoms with Gasteiger partial charge >= 0.3 is 0 Å². The van der Waals surface area contributed by atoms with Gasteiger partial charge in [-0.25, -0.2) is 0 Å². The summed E-state index contributed by atoms with van der Waals surface area (Å²) >= 11 is 0. The van der Waals surface area contributed by atoms with E-state index in [0.717, 1.165) is 37.1 Å². The van der Waals surface area contributed by atoms with Crippen molar-refractivity contribution in [3.63, 3.8) is 0 Å². The van der Waals surface area contributed by atoms with Crippen LogP contribution < -0.4 is 5.32 Å². The summed E-state index contributed by atoms with van der Waals surface area (Å²) in [4.78, 5) is 2.56. The minimum absolute atomic E-state index is 0.834. The van der Waals surface area contributed by atoms with Crippen molar-refractivity contribution in [3.05, 3.63) is 23.7 Å². The van der Waals surface area contributed by atoms with Gasteiger partial charge in [0.1, 0.15) is 11.5 Å². The molecular weight excluding hydrogens is 248 g/mol. The highest BCUT2D eigenvalue weighted by Gasteiger charge is 2.17. The summed E-state index contributed by atoms with van der Waals surface area (Å²) in [6.07, 6.45) is 9.28. The van der Waals surface area contributed by atoms with Gasteiger partial charge in [-0.2, -0.15) is 0 Å². The monoisotopic (exact) mass is 278 g/mol. The van der Waals surface area contributed by atoms with Crippen LogP contribution in [-0.4, -0.2) is 31.1 Å². The number of nitrogens with zero attached hydrogens (tertiary/aromatic N) is 1. The molecule has 0 amide bonds. The Hall–Kier alpha value is -0.800. The van der Waals surface area contributed by atoms with Gasteiger partial charge in [0.05, 0.1) is 6.54 Å². The number of rotatable bonds is 8. The van der Waals surface area contributed by atoms with E-state index in [1.54, 1.807) is 0 Å². The van der Waals surface area contributed by atoms with E-state index in [4.69, 9.17) is 4.42 Å². The van der Waals surface area contributed by atoms with Crippen LogP contribution in [0.25, 0.3) is 0 Å². The normalized spacial score (nSPS) is 16.9. The maximum atomic E-state index is 5.68. The second kappa shape index (κ2) is 8.48. The van der Waals surface area contributed by atoms with Crippen LogP contribution in [-0.2, 0) is 13.0 Å². The maximum absolute atomic E-state index is 5.68. The van der Waals surface area contributed by atoms with Crippen LogP contribution in [0.5, 0.6) is 0 Å². The third-order valence-corrected chi connectivity index (χ3v) is 4.43. The Kier molecular flexibility index (Phi) is 6.61. The van der Waals surface area contributed by atoms with E-state index in [1.807, 2.05) is 0 Å². The number of nitrogens with one attached hydrogen (secondary N) is 1. The molecule has 1 aromatic rings. The van der Waals surface area contributed by atoms with Crippen molar-refractivity contribution in [1.29, 1.82) is 0 Å². The summed E-state index contributed by atoms with van der Waals surface area (Å²) in [5.41, 5.74) is 0. The van der Waals surface area contributed by atoms with Crippen molar-refractivity contribution < 1.29 is 4.42 Å². The summed E-state index contributed by atoms with van der Waals surface area (Å²) in [5, 5.41) is 3.48. The highest BCUT2D eigenvalue weighted by Crippen LogP contribution is 2.21. The van der Waals surface area contributed by atoms with Crippen LogP contribution in [0.15, 0.2) is 16.5 Å². The van der Waals surface area contributed by atoms with E-state index < -0.39 is 0 Å². The van der Waals surface area contributed by atoms with Gasteiger partial charge in [0.2, 0.25) is 0 Å². The summed E-state index contributed by atoms with van der Waals surface area (Å²) in [6, 6.07) is 4.99. The van der Waals surface area contributed by atoms with E-state index in [2.05, 4.69) is 36.3 Å². The van der Waals surface area contributed by atoms with Crippen molar-refractivity contribution >= 4 is 0 Å². The SMILES string of the molecule is CCc1ccc(CNCCCN(C)C2CCCCC2)o1. The quantitative estimate of drug-likeness (QED) is 0.737. The molecule has 1 heterocycles. The standard InChI is InChI=1S/C17H30N2O/c1-3-16-10-11-17(20-16)14-18-12-7-13-19(2)15-8-5-4-6-9-15/h10-11,15,18H,3-9,12-14H2,1-2H3. The lowest BCUT2D eigenvalue weighted by Crippen LogP contribution is -2.35. The van der Waals surface area contributed by atoms with Crippen molar-refractivity contribution in [1.82, 2.24) is 10.2 Å². The summed E-state index contributed by atoms with van der Waals surface area (Å²) in [6.45, 7) is 5.25. The average Bonchev–Trinajstić information content (AvgIpc) is 2.95. The molecule has 0 unspecified atom stereocenters. The Morgan fingerprint density at radius 1 is 1.20 bits per heavy atom. The van der Waals surface area contributed by atoms with Crippen LogP contribution >= 0.6 is 0 Å². The minimum atomic E-state index is 0.834. The number of furan rings is 1. The van der Waals surface area contributed by atoms with Gasteiger partial charge in [0.25, 0.3) is 0 Å². The van der Waals surface area contributed by atoms with E-state index >= 15 is 0 Å². The highest BCUT2D eigenvalue weighted by atomic mass is 16.3. The fraction of sp³-hybridized carbons (Fsp3) is 0.765. The van der Waals surface area contributed by atoms with Crippen LogP contribution in [0, 0.1) is 0 Å². The Balaban J connectivity index is 1.54. The lowest BCUT2D eigenvalue weighted by Gasteiger charge is -2.31. The largest absolute Gasteiger partial charge is 0.465 e. The van der Waals surface area contributed by atoms with Gasteiger partial charge in [-0.3, -0.25) is 0 Å². The molecule has 0 radical (unpaired) electrons. The molecule has 1 N–H and O–H groups in total. The van der Waals surface area contributed by atoms with Gasteiger partial charge in [-0.15, -0.1) is 0 Å². The fourth-order valence-electron chi connectivity index (χ4n) is 3.08. The van der Waals surface area contributed by atoms with Gasteiger partial charge in [0.15, 0.2) is 0 Å². The van der Waals surface area contributed by atoms with Gasteiger partial charge in [-0.05, 0) is 51.5 Å². The molecule has 3 nitrogen and oxygen atoms in total. The lowest BCUT2D eigenvalue weighted by molar-refractivity contribution is 0.189. The molecule has 3 heteroatoms. The zero-order valence-electron chi connectivity index (χ0n) is 13.2. The van der Waals surface area contributed by atoms with Crippen LogP contribution in [0.1, 0.15) is 57.0 Å². The van der Waals surface area contributed by atoms with E-state index in [1.165, 1.54) is 45.1 Å². The molecule has 0 atom stereocenters. The van der Waals surface area contributed by atoms with Crippen LogP contribution in [0.4, 0.5) is 0 Å². The minimum Gasteiger partial charge on any atom is -0.465 e. The summed E-state index contributed by atoms with van der Waals surface area (Å²) in [5.74, 6) is 2.14. The first kappa shape index (κ1) is 15.6. The Labute approximate surface area is 123 Å². The molecule has 2 rings (SSSR count). The summed E-state index contributed by atoms with van der Waals surface area (Å²) < 4.78 is 5.68. The van der Waals surface area contributed by atoms with Crippen LogP contribution in [0.2, 0.25) is 0 Å². The molecular formula is C17H30N2O. The third kappa shape index (κ3) is 4.95. The first-order chi connectivity index (χ1) is 9.79. The molecule has 0 aromatic carbocycles. The third-order valence-electron chi connectivity index (χ3n) is 4.43. The van der Waals surface area contributed by atoms with E-state index in [0.29, 0.717) is 0 Å². The van der Waals surface area contributed by atoms with Crippen molar-refractivity contribution in [2.45, 2.75) is 64.5 Å². The van der Waals surface area contributed by atoms with E-state index in [9.17, 15) is 0 Å². The predicted molar refractivity (Wildman–Crippen MR) is 83.9 cm³/mol. The number of aryl methyl sites for hydroxylation is 1. The number of hydrogen-bond acceptors (Lipinski definition) is 3. The first-order valence-corrected chi connectivity index (χ1v) is 8.28. The Morgan fingerprint density at radius 3 is 2.65 bits per heavy atom. The predicted octanol–water partition coefficient (Wildman–Crippen LogP) is 3.59. The second-order valence-electron chi connectivity index (χ2n) is 6.02. The molecule has 0 saturated heterocycles. The Bertz CT molecular complexity index is 369. The summed E-state index contributed by atoms with van der Waals surface area (Å²) in [7, 11) is 2.29. The molecule has 1 saturated carbocycles. The molecule has 1 aliphatic carbocycles. The fourth-order valence-corrected chi connectivity index (χ4v) is 3.08. The smallest absolute Gasteiger partial charge is 0.117 e. The van der Waals surface area contributed by atoms with Crippen LogP contribution in [0.3, 0.4) is 0 Å². The highest BCUT2D eigenvalue weighted by molar-refractivity contribution is 5.06. The average molecular weight is 278 g/mol. The number of hydrogen-bond donors (Lipinski definition) is 1. The van der Waals surface area contributed by atoms with E-state index in [-0.39, 0.29) is 0 Å². The van der Waals surface area contributed by atoms with Gasteiger partial charge < -0.3 is 14.6 Å². The van der Waals surface area contributed by atoms with Gasteiger partial charge in [0, 0.05) is 12.5 Å². The zero-order chi connectivity index (χ0) is 14.2. The second-order valence-corrected chi connectivity index (χ2v) is 6.02. The van der Waals surface area contributed by atoms with Gasteiger partial charge in [-0.1, -0.05) is 26.2 Å². The molecule has 1 aromatic heterocycles. The van der Waals surface area contributed by atoms with Crippen molar-refractivity contribution in [2.24, 2.45) is 0 Å². The Morgan fingerprint density at radius 2 is 1.95 bits per heavy atom. The van der Waals surface area contributed by atoms with Crippen molar-refractivity contribution in [3.8, 4) is 0 Å². The van der Waals surface area contributed by atoms with Crippen molar-refractivity contribution in [2.75, 3.05) is 20.1 Å². The molecule has 1 fully saturated rings. The molecule has 114 valence electrons. The molecule has 0 spiro atoms. The molecule has 20 heavy (non-hydrogen) atoms. The lowest BCUT2D eigenvalue weighted by atomic mass is 9.94. The zero-order valence-corrected chi connectivity index (χ0v) is 13.2. The molecule has 1 aliphatic rings. The topological polar surface area (TPSA) is 28.4 Å². The maximum Gasteiger partial charge on any atom is 0.117 e.